The molecule has 1 saturated heterocycles. The Balaban J connectivity index is 1.79. The predicted octanol–water partition coefficient (Wildman–Crippen LogP) is 2.39. The molecule has 1 heterocycles. The standard InChI is InChI=1S/C22H30N4O/c1-4-24-22(25-16(2)14-26-12-10-23-11-13-26)20-7-5-6-19(17(20)3)21(15-27)18-8-9-18/h4-7,16,18,23H,1,8-14H2,2-3H3,(H,24,25)/t16-/m0/s1. The lowest BCUT2D eigenvalue weighted by Gasteiger charge is -2.30. The minimum atomic E-state index is 0.259. The first-order valence-corrected chi connectivity index (χ1v) is 9.87. The molecule has 0 aromatic heterocycles. The highest BCUT2D eigenvalue weighted by atomic mass is 16.1. The first-order valence-electron chi connectivity index (χ1n) is 9.87. The lowest BCUT2D eigenvalue weighted by molar-refractivity contribution is 0.226. The maximum Gasteiger partial charge on any atom is 0.133 e. The smallest absolute Gasteiger partial charge is 0.133 e. The fourth-order valence-corrected chi connectivity index (χ4v) is 3.75. The highest BCUT2D eigenvalue weighted by molar-refractivity contribution is 6.02. The summed E-state index contributed by atoms with van der Waals surface area (Å²) in [6.07, 6.45) is 3.74. The van der Waals surface area contributed by atoms with Gasteiger partial charge in [0.1, 0.15) is 11.8 Å². The number of piperazine rings is 1. The second-order valence-corrected chi connectivity index (χ2v) is 7.52. The SMILES string of the molecule is C=C/N=C(/N[C@@H](C)CN1CCNCC1)c1cccc(C(=C=O)C2CC2)c1C. The van der Waals surface area contributed by atoms with E-state index >= 15 is 0 Å². The van der Waals surface area contributed by atoms with Gasteiger partial charge in [-0.3, -0.25) is 4.90 Å². The van der Waals surface area contributed by atoms with Crippen LogP contribution in [0.15, 0.2) is 36.0 Å². The number of carbonyl (C=O) groups excluding carboxylic acids is 1. The van der Waals surface area contributed by atoms with Gasteiger partial charge in [0.2, 0.25) is 0 Å². The van der Waals surface area contributed by atoms with Gasteiger partial charge in [-0.2, -0.15) is 0 Å². The van der Waals surface area contributed by atoms with Gasteiger partial charge < -0.3 is 10.6 Å². The molecular weight excluding hydrogens is 336 g/mol. The van der Waals surface area contributed by atoms with E-state index in [0.29, 0.717) is 5.92 Å². The zero-order chi connectivity index (χ0) is 19.2. The van der Waals surface area contributed by atoms with Crippen molar-refractivity contribution >= 4 is 17.4 Å². The molecule has 2 aliphatic rings. The number of rotatable bonds is 7. The van der Waals surface area contributed by atoms with Gasteiger partial charge >= 0.3 is 0 Å². The molecule has 0 unspecified atom stereocenters. The first kappa shape index (κ1) is 19.6. The molecule has 1 saturated carbocycles. The summed E-state index contributed by atoms with van der Waals surface area (Å²) in [4.78, 5) is 18.5. The third-order valence-electron chi connectivity index (χ3n) is 5.32. The molecular formula is C22H30N4O. The fraction of sp³-hybridized carbons (Fsp3) is 0.500. The van der Waals surface area contributed by atoms with Crippen LogP contribution >= 0.6 is 0 Å². The van der Waals surface area contributed by atoms with Gasteiger partial charge in [0, 0.05) is 56.1 Å². The Bertz CT molecular complexity index is 754. The molecule has 1 aromatic carbocycles. The molecule has 1 atom stereocenters. The summed E-state index contributed by atoms with van der Waals surface area (Å²) in [5.74, 6) is 3.37. The van der Waals surface area contributed by atoms with Crippen LogP contribution in [0.3, 0.4) is 0 Å². The van der Waals surface area contributed by atoms with Crippen LogP contribution in [0.25, 0.3) is 5.57 Å². The summed E-state index contributed by atoms with van der Waals surface area (Å²) in [5, 5.41) is 6.95. The monoisotopic (exact) mass is 366 g/mol. The van der Waals surface area contributed by atoms with E-state index in [1.54, 1.807) is 6.20 Å². The van der Waals surface area contributed by atoms with Crippen molar-refractivity contribution in [3.05, 3.63) is 47.7 Å². The normalized spacial score (nSPS) is 19.3. The number of benzene rings is 1. The van der Waals surface area contributed by atoms with Crippen LogP contribution in [0, 0.1) is 12.8 Å². The molecule has 0 amide bonds. The van der Waals surface area contributed by atoms with E-state index in [1.165, 1.54) is 0 Å². The first-order chi connectivity index (χ1) is 13.1. The Morgan fingerprint density at radius 1 is 1.41 bits per heavy atom. The predicted molar refractivity (Wildman–Crippen MR) is 112 cm³/mol. The van der Waals surface area contributed by atoms with E-state index in [2.05, 4.69) is 53.0 Å². The second kappa shape index (κ2) is 9.14. The molecule has 2 N–H and O–H groups in total. The van der Waals surface area contributed by atoms with Crippen LogP contribution in [0.2, 0.25) is 0 Å². The Morgan fingerprint density at radius 3 is 2.74 bits per heavy atom. The highest BCUT2D eigenvalue weighted by Gasteiger charge is 2.29. The lowest BCUT2D eigenvalue weighted by Crippen LogP contribution is -2.49. The number of nitrogens with one attached hydrogen (secondary N) is 2. The van der Waals surface area contributed by atoms with Gasteiger partial charge in [0.25, 0.3) is 0 Å². The minimum Gasteiger partial charge on any atom is -0.366 e. The number of aliphatic imine (C=N–C) groups is 1. The molecule has 5 heteroatoms. The average molecular weight is 367 g/mol. The van der Waals surface area contributed by atoms with Gasteiger partial charge in [-0.1, -0.05) is 24.8 Å². The topological polar surface area (TPSA) is 56.7 Å². The van der Waals surface area contributed by atoms with Gasteiger partial charge in [0.15, 0.2) is 0 Å². The second-order valence-electron chi connectivity index (χ2n) is 7.52. The number of hydrogen-bond donors (Lipinski definition) is 2. The molecule has 27 heavy (non-hydrogen) atoms. The molecule has 0 spiro atoms. The van der Waals surface area contributed by atoms with Crippen LogP contribution in [-0.2, 0) is 4.79 Å². The third-order valence-corrected chi connectivity index (χ3v) is 5.32. The molecule has 1 aliphatic carbocycles. The largest absolute Gasteiger partial charge is 0.366 e. The quantitative estimate of drug-likeness (QED) is 0.442. The van der Waals surface area contributed by atoms with Gasteiger partial charge in [-0.15, -0.1) is 0 Å². The maximum absolute atomic E-state index is 11.5. The molecule has 0 radical (unpaired) electrons. The number of hydrogen-bond acceptors (Lipinski definition) is 4. The zero-order valence-corrected chi connectivity index (χ0v) is 16.4. The average Bonchev–Trinajstić information content (AvgIpc) is 3.49. The minimum absolute atomic E-state index is 0.259. The van der Waals surface area contributed by atoms with E-state index in [1.807, 2.05) is 12.1 Å². The van der Waals surface area contributed by atoms with Crippen molar-refractivity contribution in [2.75, 3.05) is 32.7 Å². The van der Waals surface area contributed by atoms with Crippen molar-refractivity contribution in [1.29, 1.82) is 0 Å². The van der Waals surface area contributed by atoms with Gasteiger partial charge in [-0.05, 0) is 43.7 Å². The third kappa shape index (κ3) is 4.95. The van der Waals surface area contributed by atoms with E-state index in [9.17, 15) is 4.79 Å². The lowest BCUT2D eigenvalue weighted by atomic mass is 9.94. The Hall–Kier alpha value is -2.20. The maximum atomic E-state index is 11.5. The summed E-state index contributed by atoms with van der Waals surface area (Å²) in [7, 11) is 0. The van der Waals surface area contributed by atoms with E-state index < -0.39 is 0 Å². The molecule has 1 aromatic rings. The van der Waals surface area contributed by atoms with E-state index in [4.69, 9.17) is 0 Å². The van der Waals surface area contributed by atoms with Gasteiger partial charge in [-0.25, -0.2) is 9.79 Å². The summed E-state index contributed by atoms with van der Waals surface area (Å²) in [6.45, 7) is 13.2. The van der Waals surface area contributed by atoms with Crippen molar-refractivity contribution in [3.63, 3.8) is 0 Å². The van der Waals surface area contributed by atoms with Crippen molar-refractivity contribution in [2.45, 2.75) is 32.7 Å². The summed E-state index contributed by atoms with van der Waals surface area (Å²) < 4.78 is 0. The Labute approximate surface area is 162 Å². The number of nitrogens with zero attached hydrogens (tertiary/aromatic N) is 2. The number of allylic oxidation sites excluding steroid dienone is 1. The van der Waals surface area contributed by atoms with E-state index in [0.717, 1.165) is 73.7 Å². The van der Waals surface area contributed by atoms with E-state index in [-0.39, 0.29) is 6.04 Å². The summed E-state index contributed by atoms with van der Waals surface area (Å²) >= 11 is 0. The van der Waals surface area contributed by atoms with Crippen molar-refractivity contribution < 1.29 is 4.79 Å². The van der Waals surface area contributed by atoms with Crippen molar-refractivity contribution in [3.8, 4) is 0 Å². The van der Waals surface area contributed by atoms with Crippen LogP contribution in [0.1, 0.15) is 36.5 Å². The molecule has 3 rings (SSSR count). The van der Waals surface area contributed by atoms with Crippen LogP contribution in [-0.4, -0.2) is 55.4 Å². The Kier molecular flexibility index (Phi) is 6.62. The highest BCUT2D eigenvalue weighted by Crippen LogP contribution is 2.41. The molecule has 1 aliphatic heterocycles. The van der Waals surface area contributed by atoms with Crippen molar-refractivity contribution in [2.24, 2.45) is 10.9 Å². The summed E-state index contributed by atoms with van der Waals surface area (Å²) in [5.41, 5.74) is 3.90. The molecule has 0 bridgehead atoms. The fourth-order valence-electron chi connectivity index (χ4n) is 3.75. The molecule has 144 valence electrons. The van der Waals surface area contributed by atoms with Crippen molar-refractivity contribution in [1.82, 2.24) is 15.5 Å². The number of amidine groups is 1. The Morgan fingerprint density at radius 2 is 2.11 bits per heavy atom. The molecule has 2 fully saturated rings. The van der Waals surface area contributed by atoms with Crippen LogP contribution in [0.5, 0.6) is 0 Å². The van der Waals surface area contributed by atoms with Crippen LogP contribution in [0.4, 0.5) is 0 Å². The summed E-state index contributed by atoms with van der Waals surface area (Å²) in [6, 6.07) is 6.33. The van der Waals surface area contributed by atoms with Crippen LogP contribution < -0.4 is 10.6 Å². The van der Waals surface area contributed by atoms with Gasteiger partial charge in [0.05, 0.1) is 0 Å². The zero-order valence-electron chi connectivity index (χ0n) is 16.4. The molecule has 5 nitrogen and oxygen atoms in total.